The van der Waals surface area contributed by atoms with Gasteiger partial charge in [0.15, 0.2) is 0 Å². The molecule has 0 aliphatic rings. The summed E-state index contributed by atoms with van der Waals surface area (Å²) >= 11 is 0. The lowest BCUT2D eigenvalue weighted by atomic mass is 10.1. The molecule has 17 heavy (non-hydrogen) atoms. The van der Waals surface area contributed by atoms with E-state index in [0.717, 1.165) is 22.4 Å². The van der Waals surface area contributed by atoms with Gasteiger partial charge in [-0.05, 0) is 13.0 Å². The third kappa shape index (κ3) is 2.15. The lowest BCUT2D eigenvalue weighted by Crippen LogP contribution is -1.80. The summed E-state index contributed by atoms with van der Waals surface area (Å²) in [6, 6.07) is 10.2. The third-order valence-electron chi connectivity index (χ3n) is 2.61. The highest BCUT2D eigenvalue weighted by atomic mass is 35.5. The predicted molar refractivity (Wildman–Crippen MR) is 71.3 cm³/mol. The van der Waals surface area contributed by atoms with Gasteiger partial charge >= 0.3 is 0 Å². The van der Waals surface area contributed by atoms with Crippen molar-refractivity contribution in [2.24, 2.45) is 0 Å². The SMILES string of the molecule is Cc1ccc(-c2nc3cnccc3[nH]2)cc1.Cl. The van der Waals surface area contributed by atoms with Crippen molar-refractivity contribution in [2.75, 3.05) is 0 Å². The van der Waals surface area contributed by atoms with E-state index in [1.165, 1.54) is 5.56 Å². The molecule has 0 saturated heterocycles. The van der Waals surface area contributed by atoms with E-state index in [2.05, 4.69) is 46.1 Å². The molecule has 86 valence electrons. The fourth-order valence-corrected chi connectivity index (χ4v) is 1.71. The number of aryl methyl sites for hydroxylation is 1. The van der Waals surface area contributed by atoms with Crippen LogP contribution in [0.15, 0.2) is 42.7 Å². The normalized spacial score (nSPS) is 10.2. The summed E-state index contributed by atoms with van der Waals surface area (Å²) in [7, 11) is 0. The number of hydrogen-bond acceptors (Lipinski definition) is 2. The summed E-state index contributed by atoms with van der Waals surface area (Å²) < 4.78 is 0. The van der Waals surface area contributed by atoms with Crippen LogP contribution in [0.3, 0.4) is 0 Å². The number of nitrogens with zero attached hydrogens (tertiary/aromatic N) is 2. The van der Waals surface area contributed by atoms with Gasteiger partial charge in [0.1, 0.15) is 11.3 Å². The maximum absolute atomic E-state index is 4.49. The molecule has 0 bridgehead atoms. The summed E-state index contributed by atoms with van der Waals surface area (Å²) in [6.07, 6.45) is 3.53. The highest BCUT2D eigenvalue weighted by Gasteiger charge is 2.03. The molecule has 1 N–H and O–H groups in total. The van der Waals surface area contributed by atoms with E-state index in [4.69, 9.17) is 0 Å². The largest absolute Gasteiger partial charge is 0.338 e. The van der Waals surface area contributed by atoms with Crippen molar-refractivity contribution in [3.05, 3.63) is 48.3 Å². The van der Waals surface area contributed by atoms with Crippen molar-refractivity contribution >= 4 is 23.4 Å². The Balaban J connectivity index is 0.00000108. The molecule has 1 aromatic carbocycles. The van der Waals surface area contributed by atoms with Crippen molar-refractivity contribution in [3.63, 3.8) is 0 Å². The van der Waals surface area contributed by atoms with Crippen molar-refractivity contribution < 1.29 is 0 Å². The maximum Gasteiger partial charge on any atom is 0.138 e. The highest BCUT2D eigenvalue weighted by Crippen LogP contribution is 2.19. The van der Waals surface area contributed by atoms with Crippen LogP contribution < -0.4 is 0 Å². The van der Waals surface area contributed by atoms with Crippen LogP contribution in [-0.2, 0) is 0 Å². The third-order valence-corrected chi connectivity index (χ3v) is 2.61. The average Bonchev–Trinajstić information content (AvgIpc) is 2.73. The summed E-state index contributed by atoms with van der Waals surface area (Å²) in [6.45, 7) is 2.08. The van der Waals surface area contributed by atoms with Crippen molar-refractivity contribution in [2.45, 2.75) is 6.92 Å². The van der Waals surface area contributed by atoms with Gasteiger partial charge in [-0.15, -0.1) is 12.4 Å². The molecule has 2 aromatic heterocycles. The molecule has 0 atom stereocenters. The lowest BCUT2D eigenvalue weighted by molar-refractivity contribution is 1.32. The number of rotatable bonds is 1. The molecule has 0 radical (unpaired) electrons. The highest BCUT2D eigenvalue weighted by molar-refractivity contribution is 5.85. The summed E-state index contributed by atoms with van der Waals surface area (Å²) in [5.74, 6) is 0.892. The Morgan fingerprint density at radius 3 is 2.53 bits per heavy atom. The molecule has 3 nitrogen and oxygen atoms in total. The number of imidazole rings is 1. The van der Waals surface area contributed by atoms with Crippen LogP contribution in [0.5, 0.6) is 0 Å². The average molecular weight is 246 g/mol. The number of nitrogens with one attached hydrogen (secondary N) is 1. The first-order chi connectivity index (χ1) is 7.83. The Kier molecular flexibility index (Phi) is 3.11. The van der Waals surface area contributed by atoms with E-state index in [1.54, 1.807) is 12.4 Å². The monoisotopic (exact) mass is 245 g/mol. The van der Waals surface area contributed by atoms with E-state index in [1.807, 2.05) is 6.07 Å². The van der Waals surface area contributed by atoms with Crippen LogP contribution in [0.4, 0.5) is 0 Å². The standard InChI is InChI=1S/C13H11N3.ClH/c1-9-2-4-10(5-3-9)13-15-11-6-7-14-8-12(11)16-13;/h2-8H,1H3,(H,15,16);1H. The number of halogens is 1. The molecular weight excluding hydrogens is 234 g/mol. The maximum atomic E-state index is 4.49. The topological polar surface area (TPSA) is 41.6 Å². The minimum absolute atomic E-state index is 0. The smallest absolute Gasteiger partial charge is 0.138 e. The Morgan fingerprint density at radius 1 is 1.06 bits per heavy atom. The van der Waals surface area contributed by atoms with Gasteiger partial charge in [0, 0.05) is 11.8 Å². The van der Waals surface area contributed by atoms with Crippen LogP contribution in [0.1, 0.15) is 5.56 Å². The van der Waals surface area contributed by atoms with Gasteiger partial charge in [-0.2, -0.15) is 0 Å². The summed E-state index contributed by atoms with van der Waals surface area (Å²) in [5, 5.41) is 0. The number of aromatic amines is 1. The van der Waals surface area contributed by atoms with E-state index in [-0.39, 0.29) is 12.4 Å². The first-order valence-corrected chi connectivity index (χ1v) is 5.20. The fourth-order valence-electron chi connectivity index (χ4n) is 1.71. The van der Waals surface area contributed by atoms with Crippen molar-refractivity contribution in [1.29, 1.82) is 0 Å². The number of H-pyrrole nitrogens is 1. The Labute approximate surface area is 105 Å². The zero-order valence-electron chi connectivity index (χ0n) is 9.34. The van der Waals surface area contributed by atoms with Gasteiger partial charge < -0.3 is 4.98 Å². The van der Waals surface area contributed by atoms with E-state index in [0.29, 0.717) is 0 Å². The molecule has 0 aliphatic carbocycles. The zero-order chi connectivity index (χ0) is 11.0. The number of benzene rings is 1. The molecule has 3 aromatic rings. The molecule has 3 rings (SSSR count). The van der Waals surface area contributed by atoms with Crippen molar-refractivity contribution in [1.82, 2.24) is 15.0 Å². The molecule has 0 spiro atoms. The Hall–Kier alpha value is -1.87. The van der Waals surface area contributed by atoms with Crippen LogP contribution in [0, 0.1) is 6.92 Å². The van der Waals surface area contributed by atoms with Gasteiger partial charge in [0.25, 0.3) is 0 Å². The number of pyridine rings is 1. The number of aromatic nitrogens is 3. The molecule has 0 amide bonds. The Bertz CT molecular complexity index is 595. The van der Waals surface area contributed by atoms with Crippen LogP contribution in [-0.4, -0.2) is 15.0 Å². The molecule has 0 fully saturated rings. The zero-order valence-corrected chi connectivity index (χ0v) is 10.2. The fraction of sp³-hybridized carbons (Fsp3) is 0.0769. The number of fused-ring (bicyclic) bond motifs is 1. The molecular formula is C13H12ClN3. The molecule has 2 heterocycles. The lowest BCUT2D eigenvalue weighted by Gasteiger charge is -1.96. The van der Waals surface area contributed by atoms with Gasteiger partial charge in [-0.3, -0.25) is 4.98 Å². The molecule has 0 saturated carbocycles. The minimum atomic E-state index is 0. The number of hydrogen-bond donors (Lipinski definition) is 1. The van der Waals surface area contributed by atoms with E-state index in [9.17, 15) is 0 Å². The van der Waals surface area contributed by atoms with Gasteiger partial charge in [0.2, 0.25) is 0 Å². The Morgan fingerprint density at radius 2 is 1.82 bits per heavy atom. The minimum Gasteiger partial charge on any atom is -0.338 e. The second kappa shape index (κ2) is 4.55. The van der Waals surface area contributed by atoms with E-state index >= 15 is 0 Å². The van der Waals surface area contributed by atoms with Gasteiger partial charge in [-0.25, -0.2) is 4.98 Å². The molecule has 0 aliphatic heterocycles. The summed E-state index contributed by atoms with van der Waals surface area (Å²) in [5.41, 5.74) is 4.27. The predicted octanol–water partition coefficient (Wildman–Crippen LogP) is 3.36. The van der Waals surface area contributed by atoms with Gasteiger partial charge in [-0.1, -0.05) is 29.8 Å². The van der Waals surface area contributed by atoms with E-state index < -0.39 is 0 Å². The first kappa shape index (κ1) is 11.6. The van der Waals surface area contributed by atoms with Crippen LogP contribution >= 0.6 is 12.4 Å². The van der Waals surface area contributed by atoms with Gasteiger partial charge in [0.05, 0.1) is 11.7 Å². The second-order valence-electron chi connectivity index (χ2n) is 3.84. The molecule has 0 unspecified atom stereocenters. The van der Waals surface area contributed by atoms with Crippen LogP contribution in [0.2, 0.25) is 0 Å². The summed E-state index contributed by atoms with van der Waals surface area (Å²) in [4.78, 5) is 11.8. The van der Waals surface area contributed by atoms with Crippen LogP contribution in [0.25, 0.3) is 22.4 Å². The second-order valence-corrected chi connectivity index (χ2v) is 3.84. The quantitative estimate of drug-likeness (QED) is 0.714. The molecule has 4 heteroatoms. The van der Waals surface area contributed by atoms with Crippen molar-refractivity contribution in [3.8, 4) is 11.4 Å². The first-order valence-electron chi connectivity index (χ1n) is 5.20.